The number of carbonyl (C=O) groups is 2. The van der Waals surface area contributed by atoms with Crippen molar-refractivity contribution in [2.75, 3.05) is 0 Å². The predicted octanol–water partition coefficient (Wildman–Crippen LogP) is 3.60. The second kappa shape index (κ2) is 8.26. The Kier molecular flexibility index (Phi) is 5.77. The van der Waals surface area contributed by atoms with Crippen LogP contribution in [0.2, 0.25) is 0 Å². The zero-order valence-corrected chi connectivity index (χ0v) is 16.2. The summed E-state index contributed by atoms with van der Waals surface area (Å²) in [6.07, 6.45) is 0. The van der Waals surface area contributed by atoms with E-state index in [-0.39, 0.29) is 22.8 Å². The third kappa shape index (κ3) is 4.51. The molecule has 0 aliphatic carbocycles. The van der Waals surface area contributed by atoms with E-state index in [1.54, 1.807) is 32.9 Å². The number of nitrogens with one attached hydrogen (secondary N) is 1. The first-order chi connectivity index (χ1) is 13.8. The van der Waals surface area contributed by atoms with Crippen molar-refractivity contribution in [3.05, 3.63) is 75.9 Å². The fraction of sp³-hybridized carbons (Fsp3) is 0.227. The van der Waals surface area contributed by atoms with Gasteiger partial charge in [-0.15, -0.1) is 0 Å². The van der Waals surface area contributed by atoms with Gasteiger partial charge in [0.25, 0.3) is 5.91 Å². The minimum absolute atomic E-state index is 0.158. The van der Waals surface area contributed by atoms with Gasteiger partial charge in [0, 0.05) is 17.5 Å². The summed E-state index contributed by atoms with van der Waals surface area (Å²) in [6, 6.07) is 10.6. The van der Waals surface area contributed by atoms with Gasteiger partial charge in [-0.2, -0.15) is 0 Å². The topological polar surface area (TPSA) is 85.6 Å². The van der Waals surface area contributed by atoms with Gasteiger partial charge in [0.15, 0.2) is 0 Å². The molecule has 0 aliphatic rings. The number of hydrogen-bond donors (Lipinski definition) is 1. The molecular formula is C22H20FNO5. The maximum absolute atomic E-state index is 13.8. The zero-order chi connectivity index (χ0) is 21.1. The highest BCUT2D eigenvalue weighted by molar-refractivity contribution is 5.97. The summed E-state index contributed by atoms with van der Waals surface area (Å²) in [5, 5.41) is 3.24. The van der Waals surface area contributed by atoms with Crippen molar-refractivity contribution in [3.63, 3.8) is 0 Å². The number of fused-ring (bicyclic) bond motifs is 1. The molecule has 7 heteroatoms. The molecule has 3 aromatic rings. The molecule has 0 saturated carbocycles. The van der Waals surface area contributed by atoms with Crippen molar-refractivity contribution in [2.24, 2.45) is 5.92 Å². The fourth-order valence-corrected chi connectivity index (χ4v) is 2.91. The minimum atomic E-state index is -0.998. The Morgan fingerprint density at radius 2 is 1.83 bits per heavy atom. The van der Waals surface area contributed by atoms with Crippen molar-refractivity contribution in [1.29, 1.82) is 0 Å². The van der Waals surface area contributed by atoms with Gasteiger partial charge in [0.1, 0.15) is 23.2 Å². The molecule has 0 saturated heterocycles. The lowest BCUT2D eigenvalue weighted by Gasteiger charge is -2.21. The average molecular weight is 397 g/mol. The second-order valence-electron chi connectivity index (χ2n) is 7.00. The van der Waals surface area contributed by atoms with E-state index >= 15 is 0 Å². The first-order valence-corrected chi connectivity index (χ1v) is 9.08. The monoisotopic (exact) mass is 397 g/mol. The quantitative estimate of drug-likeness (QED) is 0.404. The number of ether oxygens (including phenoxy) is 1. The Bertz CT molecular complexity index is 1140. The Morgan fingerprint density at radius 3 is 2.52 bits per heavy atom. The molecule has 1 atom stereocenters. The lowest BCUT2D eigenvalue weighted by atomic mass is 10.0. The van der Waals surface area contributed by atoms with Gasteiger partial charge < -0.3 is 14.5 Å². The number of carbonyl (C=O) groups excluding carboxylic acids is 2. The molecule has 29 heavy (non-hydrogen) atoms. The van der Waals surface area contributed by atoms with E-state index in [0.29, 0.717) is 0 Å². The van der Waals surface area contributed by atoms with E-state index in [2.05, 4.69) is 5.32 Å². The van der Waals surface area contributed by atoms with Crippen LogP contribution in [-0.2, 0) is 4.79 Å². The van der Waals surface area contributed by atoms with Gasteiger partial charge in [0.05, 0.1) is 5.56 Å². The largest absolute Gasteiger partial charge is 0.425 e. The fourth-order valence-electron chi connectivity index (χ4n) is 2.91. The van der Waals surface area contributed by atoms with E-state index < -0.39 is 29.4 Å². The normalized spacial score (nSPS) is 12.0. The molecule has 2 aromatic carbocycles. The van der Waals surface area contributed by atoms with Crippen LogP contribution in [0.5, 0.6) is 5.75 Å². The van der Waals surface area contributed by atoms with Crippen LogP contribution in [0.15, 0.2) is 57.7 Å². The molecule has 0 aliphatic heterocycles. The van der Waals surface area contributed by atoms with Gasteiger partial charge in [-0.3, -0.25) is 4.79 Å². The van der Waals surface area contributed by atoms with Crippen LogP contribution in [0, 0.1) is 18.7 Å². The van der Waals surface area contributed by atoms with Crippen molar-refractivity contribution in [1.82, 2.24) is 5.32 Å². The maximum atomic E-state index is 13.8. The molecule has 1 aromatic heterocycles. The molecule has 0 spiro atoms. The van der Waals surface area contributed by atoms with E-state index in [1.807, 2.05) is 0 Å². The summed E-state index contributed by atoms with van der Waals surface area (Å²) in [5.74, 6) is -2.24. The van der Waals surface area contributed by atoms with Gasteiger partial charge in [-0.05, 0) is 42.7 Å². The molecule has 0 radical (unpaired) electrons. The Morgan fingerprint density at radius 1 is 1.10 bits per heavy atom. The smallest absolute Gasteiger partial charge is 0.336 e. The predicted molar refractivity (Wildman–Crippen MR) is 105 cm³/mol. The molecule has 1 heterocycles. The van der Waals surface area contributed by atoms with Gasteiger partial charge in [-0.25, -0.2) is 14.0 Å². The van der Waals surface area contributed by atoms with Crippen LogP contribution in [0.4, 0.5) is 4.39 Å². The molecule has 150 valence electrons. The molecular weight excluding hydrogens is 377 g/mol. The molecule has 1 amide bonds. The van der Waals surface area contributed by atoms with E-state index in [9.17, 15) is 18.8 Å². The first kappa shape index (κ1) is 20.3. The molecule has 1 N–H and O–H groups in total. The van der Waals surface area contributed by atoms with Gasteiger partial charge in [0.2, 0.25) is 0 Å². The number of halogens is 1. The number of amides is 1. The summed E-state index contributed by atoms with van der Waals surface area (Å²) in [7, 11) is 0. The summed E-state index contributed by atoms with van der Waals surface area (Å²) >= 11 is 0. The first-order valence-electron chi connectivity index (χ1n) is 9.08. The summed E-state index contributed by atoms with van der Waals surface area (Å²) < 4.78 is 24.4. The van der Waals surface area contributed by atoms with E-state index in [4.69, 9.17) is 9.15 Å². The van der Waals surface area contributed by atoms with Crippen molar-refractivity contribution in [3.8, 4) is 5.75 Å². The van der Waals surface area contributed by atoms with Crippen molar-refractivity contribution < 1.29 is 23.1 Å². The Labute approximate surface area is 166 Å². The average Bonchev–Trinajstić information content (AvgIpc) is 2.65. The lowest BCUT2D eigenvalue weighted by molar-refractivity contribution is -0.137. The van der Waals surface area contributed by atoms with Crippen LogP contribution < -0.4 is 15.7 Å². The molecule has 0 fully saturated rings. The van der Waals surface area contributed by atoms with Crippen LogP contribution >= 0.6 is 0 Å². The van der Waals surface area contributed by atoms with E-state index in [1.165, 1.54) is 36.4 Å². The highest BCUT2D eigenvalue weighted by atomic mass is 19.1. The highest BCUT2D eigenvalue weighted by Gasteiger charge is 2.27. The highest BCUT2D eigenvalue weighted by Crippen LogP contribution is 2.23. The van der Waals surface area contributed by atoms with Crippen molar-refractivity contribution in [2.45, 2.75) is 26.8 Å². The molecule has 0 unspecified atom stereocenters. The third-order valence-electron chi connectivity index (χ3n) is 4.47. The minimum Gasteiger partial charge on any atom is -0.425 e. The number of esters is 1. The van der Waals surface area contributed by atoms with Crippen molar-refractivity contribution >= 4 is 22.8 Å². The number of benzene rings is 2. The molecule has 3 rings (SSSR count). The number of rotatable bonds is 5. The van der Waals surface area contributed by atoms with Crippen LogP contribution in [0.25, 0.3) is 11.0 Å². The number of hydrogen-bond acceptors (Lipinski definition) is 5. The standard InChI is InChI=1S/C22H20FNO5/c1-12(2)20(24-21(26)16-6-4-5-7-17(16)23)22(27)28-14-8-9-15-13(3)10-19(25)29-18(15)11-14/h4-12,20H,1-3H3,(H,24,26)/t20-/m0/s1. The lowest BCUT2D eigenvalue weighted by Crippen LogP contribution is -2.46. The van der Waals surface area contributed by atoms with Crippen LogP contribution in [-0.4, -0.2) is 17.9 Å². The van der Waals surface area contributed by atoms with E-state index in [0.717, 1.165) is 10.9 Å². The SMILES string of the molecule is Cc1cc(=O)oc2cc(OC(=O)[C@@H](NC(=O)c3ccccc3F)C(C)C)ccc12. The third-order valence-corrected chi connectivity index (χ3v) is 4.47. The van der Waals surface area contributed by atoms with Crippen LogP contribution in [0.3, 0.4) is 0 Å². The maximum Gasteiger partial charge on any atom is 0.336 e. The summed E-state index contributed by atoms with van der Waals surface area (Å²) in [5.41, 5.74) is 0.368. The number of aryl methyl sites for hydroxylation is 1. The molecule has 6 nitrogen and oxygen atoms in total. The Balaban J connectivity index is 1.81. The summed E-state index contributed by atoms with van der Waals surface area (Å²) in [4.78, 5) is 36.6. The second-order valence-corrected chi connectivity index (χ2v) is 7.00. The van der Waals surface area contributed by atoms with Gasteiger partial charge >= 0.3 is 11.6 Å². The zero-order valence-electron chi connectivity index (χ0n) is 16.2. The van der Waals surface area contributed by atoms with Crippen LogP contribution in [0.1, 0.15) is 29.8 Å². The molecule has 0 bridgehead atoms. The Hall–Kier alpha value is -3.48. The summed E-state index contributed by atoms with van der Waals surface area (Å²) in [6.45, 7) is 5.24. The van der Waals surface area contributed by atoms with Gasteiger partial charge in [-0.1, -0.05) is 26.0 Å².